The molecule has 2 rings (SSSR count). The lowest BCUT2D eigenvalue weighted by molar-refractivity contribution is -0.116. The number of rotatable bonds is 10. The van der Waals surface area contributed by atoms with Crippen LogP contribution in [0.4, 0.5) is 5.69 Å². The molecule has 0 bridgehead atoms. The first-order valence-electron chi connectivity index (χ1n) is 10.1. The van der Waals surface area contributed by atoms with E-state index in [-0.39, 0.29) is 24.2 Å². The number of hydrogen-bond acceptors (Lipinski definition) is 5. The molecular weight excluding hydrogens is 382 g/mol. The molecule has 0 fully saturated rings. The van der Waals surface area contributed by atoms with E-state index in [1.165, 1.54) is 0 Å². The normalized spacial score (nSPS) is 10.7. The lowest BCUT2D eigenvalue weighted by Gasteiger charge is -2.09. The van der Waals surface area contributed by atoms with Gasteiger partial charge in [0.15, 0.2) is 12.4 Å². The Morgan fingerprint density at radius 1 is 0.833 bits per heavy atom. The van der Waals surface area contributed by atoms with Crippen molar-refractivity contribution in [3.63, 3.8) is 0 Å². The second-order valence-corrected chi connectivity index (χ2v) is 7.95. The predicted octanol–water partition coefficient (Wildman–Crippen LogP) is 4.75. The van der Waals surface area contributed by atoms with Gasteiger partial charge in [-0.05, 0) is 60.4 Å². The van der Waals surface area contributed by atoms with Crippen LogP contribution < -0.4 is 10.1 Å². The summed E-state index contributed by atoms with van der Waals surface area (Å²) in [5.74, 6) is 0.391. The van der Waals surface area contributed by atoms with Crippen molar-refractivity contribution < 1.29 is 23.9 Å². The highest BCUT2D eigenvalue weighted by Gasteiger charge is 2.13. The van der Waals surface area contributed by atoms with Crippen LogP contribution in [0.1, 0.15) is 54.8 Å². The molecule has 30 heavy (non-hydrogen) atoms. The molecule has 0 unspecified atom stereocenters. The number of hydrogen-bond donors (Lipinski definition) is 1. The molecule has 0 heterocycles. The van der Waals surface area contributed by atoms with E-state index in [0.717, 1.165) is 0 Å². The Morgan fingerprint density at radius 2 is 1.43 bits per heavy atom. The third-order valence-electron chi connectivity index (χ3n) is 4.09. The van der Waals surface area contributed by atoms with Crippen molar-refractivity contribution in [1.29, 1.82) is 0 Å². The van der Waals surface area contributed by atoms with E-state index in [9.17, 15) is 14.4 Å². The van der Waals surface area contributed by atoms with Gasteiger partial charge in [-0.3, -0.25) is 9.59 Å². The van der Waals surface area contributed by atoms with Crippen molar-refractivity contribution in [1.82, 2.24) is 0 Å². The molecule has 160 valence electrons. The fourth-order valence-electron chi connectivity index (χ4n) is 2.57. The average molecular weight is 411 g/mol. The van der Waals surface area contributed by atoms with Crippen molar-refractivity contribution in [3.05, 3.63) is 59.7 Å². The zero-order valence-corrected chi connectivity index (χ0v) is 17.9. The summed E-state index contributed by atoms with van der Waals surface area (Å²) in [5.41, 5.74) is 1.37. The SMILES string of the molecule is CC(C)COc1ccc(C(=O)OCC(=O)c2ccc(NC(=O)CC(C)C)cc2)cc1. The van der Waals surface area contributed by atoms with Crippen molar-refractivity contribution in [2.24, 2.45) is 11.8 Å². The van der Waals surface area contributed by atoms with Gasteiger partial charge < -0.3 is 14.8 Å². The van der Waals surface area contributed by atoms with E-state index in [0.29, 0.717) is 41.5 Å². The summed E-state index contributed by atoms with van der Waals surface area (Å²) < 4.78 is 10.7. The lowest BCUT2D eigenvalue weighted by Crippen LogP contribution is -2.15. The fourth-order valence-corrected chi connectivity index (χ4v) is 2.57. The maximum absolute atomic E-state index is 12.3. The summed E-state index contributed by atoms with van der Waals surface area (Å²) in [4.78, 5) is 36.2. The van der Waals surface area contributed by atoms with Gasteiger partial charge in [0.25, 0.3) is 0 Å². The van der Waals surface area contributed by atoms with Crippen LogP contribution in [0.5, 0.6) is 5.75 Å². The van der Waals surface area contributed by atoms with E-state index in [1.807, 2.05) is 13.8 Å². The van der Waals surface area contributed by atoms with Crippen LogP contribution in [-0.2, 0) is 9.53 Å². The smallest absolute Gasteiger partial charge is 0.338 e. The van der Waals surface area contributed by atoms with Gasteiger partial charge in [0.1, 0.15) is 5.75 Å². The van der Waals surface area contributed by atoms with E-state index in [2.05, 4.69) is 19.2 Å². The maximum atomic E-state index is 12.3. The van der Waals surface area contributed by atoms with Crippen LogP contribution in [0.25, 0.3) is 0 Å². The van der Waals surface area contributed by atoms with Gasteiger partial charge in [-0.2, -0.15) is 0 Å². The van der Waals surface area contributed by atoms with E-state index in [1.54, 1.807) is 48.5 Å². The minimum absolute atomic E-state index is 0.0707. The first-order chi connectivity index (χ1) is 14.2. The van der Waals surface area contributed by atoms with Crippen molar-refractivity contribution >= 4 is 23.3 Å². The van der Waals surface area contributed by atoms with Gasteiger partial charge in [0, 0.05) is 17.7 Å². The summed E-state index contributed by atoms with van der Waals surface area (Å²) in [6.45, 7) is 8.29. The third-order valence-corrected chi connectivity index (χ3v) is 4.09. The molecule has 0 aliphatic heterocycles. The molecule has 6 heteroatoms. The number of nitrogens with one attached hydrogen (secondary N) is 1. The summed E-state index contributed by atoms with van der Waals surface area (Å²) in [6, 6.07) is 13.1. The molecule has 2 aromatic carbocycles. The van der Waals surface area contributed by atoms with Crippen LogP contribution in [0.3, 0.4) is 0 Å². The fraction of sp³-hybridized carbons (Fsp3) is 0.375. The Labute approximate surface area is 177 Å². The second kappa shape index (κ2) is 11.1. The van der Waals surface area contributed by atoms with Crippen LogP contribution in [0, 0.1) is 11.8 Å². The van der Waals surface area contributed by atoms with Crippen molar-refractivity contribution in [3.8, 4) is 5.75 Å². The number of carbonyl (C=O) groups excluding carboxylic acids is 3. The summed E-state index contributed by atoms with van der Waals surface area (Å²) in [6.07, 6.45) is 0.432. The Hall–Kier alpha value is -3.15. The molecule has 0 aliphatic carbocycles. The third kappa shape index (κ3) is 7.70. The molecule has 6 nitrogen and oxygen atoms in total. The maximum Gasteiger partial charge on any atom is 0.338 e. The molecule has 0 saturated heterocycles. The topological polar surface area (TPSA) is 81.7 Å². The van der Waals surface area contributed by atoms with E-state index in [4.69, 9.17) is 9.47 Å². The van der Waals surface area contributed by atoms with Gasteiger partial charge in [0.2, 0.25) is 5.91 Å². The highest BCUT2D eigenvalue weighted by atomic mass is 16.5. The molecule has 1 amide bonds. The van der Waals surface area contributed by atoms with Gasteiger partial charge >= 0.3 is 5.97 Å². The Kier molecular flexibility index (Phi) is 8.59. The number of benzene rings is 2. The van der Waals surface area contributed by atoms with Gasteiger partial charge in [-0.1, -0.05) is 27.7 Å². The first kappa shape index (κ1) is 23.1. The van der Waals surface area contributed by atoms with Gasteiger partial charge in [0.05, 0.1) is 12.2 Å². The van der Waals surface area contributed by atoms with E-state index >= 15 is 0 Å². The van der Waals surface area contributed by atoms with Crippen LogP contribution >= 0.6 is 0 Å². The van der Waals surface area contributed by atoms with E-state index < -0.39 is 5.97 Å². The number of amides is 1. The number of carbonyl (C=O) groups is 3. The summed E-state index contributed by atoms with van der Waals surface area (Å²) in [7, 11) is 0. The first-order valence-corrected chi connectivity index (χ1v) is 10.1. The minimum atomic E-state index is -0.573. The Balaban J connectivity index is 1.84. The quantitative estimate of drug-likeness (QED) is 0.451. The molecular formula is C24H29NO5. The second-order valence-electron chi connectivity index (χ2n) is 7.95. The molecule has 0 aromatic heterocycles. The summed E-state index contributed by atoms with van der Waals surface area (Å²) >= 11 is 0. The Morgan fingerprint density at radius 3 is 2.00 bits per heavy atom. The van der Waals surface area contributed by atoms with Crippen LogP contribution in [0.15, 0.2) is 48.5 Å². The number of Topliss-reactive ketones (excluding diaryl/α,β-unsaturated/α-hetero) is 1. The lowest BCUT2D eigenvalue weighted by atomic mass is 10.1. The highest BCUT2D eigenvalue weighted by molar-refractivity contribution is 6.00. The molecule has 0 atom stereocenters. The van der Waals surface area contributed by atoms with Crippen LogP contribution in [-0.4, -0.2) is 30.9 Å². The summed E-state index contributed by atoms with van der Waals surface area (Å²) in [5, 5.41) is 2.78. The highest BCUT2D eigenvalue weighted by Crippen LogP contribution is 2.15. The Bertz CT molecular complexity index is 854. The van der Waals surface area contributed by atoms with Gasteiger partial charge in [-0.25, -0.2) is 4.79 Å². The van der Waals surface area contributed by atoms with Crippen LogP contribution in [0.2, 0.25) is 0 Å². The molecule has 0 radical (unpaired) electrons. The predicted molar refractivity (Wildman–Crippen MR) is 116 cm³/mol. The van der Waals surface area contributed by atoms with Gasteiger partial charge in [-0.15, -0.1) is 0 Å². The molecule has 0 aliphatic rings. The minimum Gasteiger partial charge on any atom is -0.493 e. The zero-order chi connectivity index (χ0) is 22.1. The largest absolute Gasteiger partial charge is 0.493 e. The molecule has 1 N–H and O–H groups in total. The number of ketones is 1. The molecule has 0 spiro atoms. The molecule has 2 aromatic rings. The standard InChI is InChI=1S/C24H29NO5/c1-16(2)13-23(27)25-20-9-5-18(6-10-20)22(26)15-30-24(28)19-7-11-21(12-8-19)29-14-17(3)4/h5-12,16-17H,13-15H2,1-4H3,(H,25,27). The zero-order valence-electron chi connectivity index (χ0n) is 17.9. The average Bonchev–Trinajstić information content (AvgIpc) is 2.70. The van der Waals surface area contributed by atoms with Crippen molar-refractivity contribution in [2.75, 3.05) is 18.5 Å². The monoisotopic (exact) mass is 411 g/mol. The number of ether oxygens (including phenoxy) is 2. The molecule has 0 saturated carbocycles. The number of anilines is 1. The van der Waals surface area contributed by atoms with Crippen molar-refractivity contribution in [2.45, 2.75) is 34.1 Å². The number of esters is 1.